The van der Waals surface area contributed by atoms with Gasteiger partial charge in [0.15, 0.2) is 23.0 Å². The molecule has 0 unspecified atom stereocenters. The number of esters is 4. The third-order valence-electron chi connectivity index (χ3n) is 5.30. The Balaban J connectivity index is 2.04. The van der Waals surface area contributed by atoms with Crippen molar-refractivity contribution in [1.29, 1.82) is 0 Å². The maximum Gasteiger partial charge on any atom is 0.308 e. The summed E-state index contributed by atoms with van der Waals surface area (Å²) in [6.07, 6.45) is 0.797. The fourth-order valence-electron chi connectivity index (χ4n) is 3.65. The van der Waals surface area contributed by atoms with Crippen LogP contribution in [0.1, 0.15) is 67.7 Å². The Morgan fingerprint density at radius 1 is 0.667 bits per heavy atom. The van der Waals surface area contributed by atoms with Crippen LogP contribution >= 0.6 is 0 Å². The van der Waals surface area contributed by atoms with Crippen molar-refractivity contribution in [1.82, 2.24) is 10.6 Å². The van der Waals surface area contributed by atoms with E-state index in [-0.39, 0.29) is 47.1 Å². The number of nitrogens with two attached hydrogens (primary N) is 1. The quantitative estimate of drug-likeness (QED) is 0.175. The van der Waals surface area contributed by atoms with Gasteiger partial charge in [0.05, 0.1) is 11.1 Å². The molecule has 0 bridgehead atoms. The number of hydrogen-bond acceptors (Lipinski definition) is 11. The van der Waals surface area contributed by atoms with E-state index in [9.17, 15) is 33.6 Å². The molecule has 0 saturated carbocycles. The maximum absolute atomic E-state index is 13.0. The van der Waals surface area contributed by atoms with Crippen LogP contribution in [0.5, 0.6) is 23.0 Å². The Bertz CT molecular complexity index is 1390. The first kappa shape index (κ1) is 32.9. The molecule has 2 aromatic carbocycles. The first-order valence-electron chi connectivity index (χ1n) is 12.7. The lowest BCUT2D eigenvalue weighted by molar-refractivity contribution is -0.134. The molecule has 0 heterocycles. The molecule has 42 heavy (non-hydrogen) atoms. The fourth-order valence-corrected chi connectivity index (χ4v) is 3.65. The number of para-hydroxylation sites is 2. The first-order valence-corrected chi connectivity index (χ1v) is 12.7. The van der Waals surface area contributed by atoms with E-state index in [4.69, 9.17) is 24.7 Å². The van der Waals surface area contributed by atoms with Crippen molar-refractivity contribution >= 4 is 41.6 Å². The fraction of sp³-hybridized carbons (Fsp3) is 0.321. The third kappa shape index (κ3) is 10.0. The van der Waals surface area contributed by atoms with E-state index in [0.29, 0.717) is 12.8 Å². The predicted molar refractivity (Wildman–Crippen MR) is 145 cm³/mol. The standard InChI is InChI=1S/C28H31N3O11/c1-15(32)39-22-12-7-9-19(24(22)41-17(3)34)27(37)30-14-6-5-11-21(26(29)36)31-28(38)20-10-8-13-23(40-16(2)33)25(20)42-18(4)35/h7-10,12-13,21H,5-6,11,14H2,1-4H3,(H2,29,36)(H,30,37)(H,31,38)/t21-/m0/s1. The Labute approximate surface area is 240 Å². The summed E-state index contributed by atoms with van der Waals surface area (Å²) in [5.41, 5.74) is 5.27. The van der Waals surface area contributed by atoms with Gasteiger partial charge in [0.1, 0.15) is 6.04 Å². The molecule has 224 valence electrons. The summed E-state index contributed by atoms with van der Waals surface area (Å²) in [4.78, 5) is 83.7. The lowest BCUT2D eigenvalue weighted by Crippen LogP contribution is -2.44. The second-order valence-corrected chi connectivity index (χ2v) is 8.82. The number of primary amides is 1. The molecular weight excluding hydrogens is 554 g/mol. The van der Waals surface area contributed by atoms with Crippen molar-refractivity contribution in [3.63, 3.8) is 0 Å². The van der Waals surface area contributed by atoms with Gasteiger partial charge in [-0.05, 0) is 43.5 Å². The molecule has 14 nitrogen and oxygen atoms in total. The van der Waals surface area contributed by atoms with Gasteiger partial charge in [-0.3, -0.25) is 33.6 Å². The van der Waals surface area contributed by atoms with Crippen LogP contribution in [0.4, 0.5) is 0 Å². The van der Waals surface area contributed by atoms with E-state index in [0.717, 1.165) is 27.7 Å². The lowest BCUT2D eigenvalue weighted by Gasteiger charge is -2.18. The van der Waals surface area contributed by atoms with Crippen LogP contribution < -0.4 is 35.3 Å². The summed E-state index contributed by atoms with van der Waals surface area (Å²) in [5.74, 6) is -5.86. The van der Waals surface area contributed by atoms with Crippen LogP contribution in [0.15, 0.2) is 36.4 Å². The van der Waals surface area contributed by atoms with Crippen LogP contribution in [0, 0.1) is 0 Å². The van der Waals surface area contributed by atoms with E-state index < -0.39 is 47.6 Å². The summed E-state index contributed by atoms with van der Waals surface area (Å²) < 4.78 is 20.2. The topological polar surface area (TPSA) is 206 Å². The molecule has 2 rings (SSSR count). The van der Waals surface area contributed by atoms with Gasteiger partial charge in [0.25, 0.3) is 11.8 Å². The second-order valence-electron chi connectivity index (χ2n) is 8.82. The number of carbonyl (C=O) groups is 7. The molecule has 0 saturated heterocycles. The van der Waals surface area contributed by atoms with Gasteiger partial charge in [0, 0.05) is 34.2 Å². The number of carbonyl (C=O) groups excluding carboxylic acids is 7. The Kier molecular flexibility index (Phi) is 12.2. The number of hydrogen-bond donors (Lipinski definition) is 3. The smallest absolute Gasteiger partial charge is 0.308 e. The SMILES string of the molecule is CC(=O)Oc1cccc(C(=O)NCCCC[C@H](NC(=O)c2cccc(OC(C)=O)c2OC(C)=O)C(N)=O)c1OC(C)=O. The van der Waals surface area contributed by atoms with Crippen molar-refractivity contribution in [3.05, 3.63) is 47.5 Å². The molecule has 0 spiro atoms. The highest BCUT2D eigenvalue weighted by Crippen LogP contribution is 2.33. The molecule has 4 N–H and O–H groups in total. The molecule has 1 atom stereocenters. The van der Waals surface area contributed by atoms with Crippen molar-refractivity contribution in [2.24, 2.45) is 5.73 Å². The summed E-state index contributed by atoms with van der Waals surface area (Å²) in [7, 11) is 0. The zero-order chi connectivity index (χ0) is 31.4. The minimum atomic E-state index is -1.12. The van der Waals surface area contributed by atoms with Crippen molar-refractivity contribution in [3.8, 4) is 23.0 Å². The number of rotatable bonds is 13. The lowest BCUT2D eigenvalue weighted by atomic mass is 10.1. The van der Waals surface area contributed by atoms with E-state index in [2.05, 4.69) is 10.6 Å². The van der Waals surface area contributed by atoms with Gasteiger partial charge >= 0.3 is 23.9 Å². The van der Waals surface area contributed by atoms with E-state index >= 15 is 0 Å². The predicted octanol–water partition coefficient (Wildman–Crippen LogP) is 1.57. The number of unbranched alkanes of at least 4 members (excludes halogenated alkanes) is 1. The average Bonchev–Trinajstić information content (AvgIpc) is 2.88. The summed E-state index contributed by atoms with van der Waals surface area (Å²) in [5, 5.41) is 5.12. The summed E-state index contributed by atoms with van der Waals surface area (Å²) in [6, 6.07) is 7.14. The molecule has 0 aromatic heterocycles. The van der Waals surface area contributed by atoms with Crippen LogP contribution in [0.3, 0.4) is 0 Å². The molecule has 2 aromatic rings. The van der Waals surface area contributed by atoms with Gasteiger partial charge in [0.2, 0.25) is 5.91 Å². The molecule has 3 amide bonds. The van der Waals surface area contributed by atoms with Crippen LogP contribution in [-0.4, -0.2) is 54.2 Å². The highest BCUT2D eigenvalue weighted by atomic mass is 16.6. The Morgan fingerprint density at radius 3 is 1.55 bits per heavy atom. The van der Waals surface area contributed by atoms with Crippen molar-refractivity contribution < 1.29 is 52.5 Å². The number of benzene rings is 2. The van der Waals surface area contributed by atoms with Crippen LogP contribution in [0.2, 0.25) is 0 Å². The van der Waals surface area contributed by atoms with Gasteiger partial charge < -0.3 is 35.3 Å². The number of ether oxygens (including phenoxy) is 4. The van der Waals surface area contributed by atoms with Gasteiger partial charge in [-0.1, -0.05) is 12.1 Å². The zero-order valence-electron chi connectivity index (χ0n) is 23.4. The minimum absolute atomic E-state index is 0.0363. The molecule has 0 fully saturated rings. The third-order valence-corrected chi connectivity index (χ3v) is 5.30. The van der Waals surface area contributed by atoms with E-state index in [1.165, 1.54) is 36.4 Å². The van der Waals surface area contributed by atoms with E-state index in [1.54, 1.807) is 0 Å². The molecule has 14 heteroatoms. The second kappa shape index (κ2) is 15.5. The Hall–Kier alpha value is -5.27. The number of nitrogens with one attached hydrogen (secondary N) is 2. The molecule has 0 aliphatic heterocycles. The van der Waals surface area contributed by atoms with Crippen LogP contribution in [0.25, 0.3) is 0 Å². The van der Waals surface area contributed by atoms with Gasteiger partial charge in [-0.15, -0.1) is 0 Å². The number of amides is 3. The van der Waals surface area contributed by atoms with Gasteiger partial charge in [-0.2, -0.15) is 0 Å². The largest absolute Gasteiger partial charge is 0.423 e. The van der Waals surface area contributed by atoms with Crippen molar-refractivity contribution in [2.45, 2.75) is 53.0 Å². The minimum Gasteiger partial charge on any atom is -0.423 e. The molecular formula is C28H31N3O11. The first-order chi connectivity index (χ1) is 19.8. The zero-order valence-corrected chi connectivity index (χ0v) is 23.4. The highest BCUT2D eigenvalue weighted by Gasteiger charge is 2.25. The van der Waals surface area contributed by atoms with E-state index in [1.807, 2.05) is 0 Å². The normalized spacial score (nSPS) is 11.0. The maximum atomic E-state index is 13.0. The van der Waals surface area contributed by atoms with Gasteiger partial charge in [-0.25, -0.2) is 0 Å². The molecule has 0 radical (unpaired) electrons. The van der Waals surface area contributed by atoms with Crippen molar-refractivity contribution in [2.75, 3.05) is 6.54 Å². The molecule has 0 aliphatic carbocycles. The summed E-state index contributed by atoms with van der Waals surface area (Å²) >= 11 is 0. The Morgan fingerprint density at radius 2 is 1.12 bits per heavy atom. The average molecular weight is 586 g/mol. The molecule has 0 aliphatic rings. The van der Waals surface area contributed by atoms with Crippen LogP contribution in [-0.2, 0) is 24.0 Å². The monoisotopic (exact) mass is 585 g/mol. The summed E-state index contributed by atoms with van der Waals surface area (Å²) in [6.45, 7) is 4.66. The highest BCUT2D eigenvalue weighted by molar-refractivity contribution is 6.01.